The third kappa shape index (κ3) is 4.22. The topological polar surface area (TPSA) is 63.7 Å². The first-order valence-corrected chi connectivity index (χ1v) is 11.0. The summed E-state index contributed by atoms with van der Waals surface area (Å²) in [6, 6.07) is 11.2. The Balaban J connectivity index is 1.86. The minimum Gasteiger partial charge on any atom is -0.425 e. The van der Waals surface area contributed by atoms with Crippen LogP contribution in [0.2, 0.25) is 0 Å². The molecule has 0 spiro atoms. The predicted molar refractivity (Wildman–Crippen MR) is 115 cm³/mol. The molecule has 0 bridgehead atoms. The molecular formula is C23H25NO4S. The van der Waals surface area contributed by atoms with Gasteiger partial charge >= 0.3 is 5.97 Å². The van der Waals surface area contributed by atoms with Crippen molar-refractivity contribution in [3.63, 3.8) is 0 Å². The minimum absolute atomic E-state index is 0.330. The van der Waals surface area contributed by atoms with Gasteiger partial charge in [0.25, 0.3) is 11.8 Å². The highest BCUT2D eigenvalue weighted by atomic mass is 32.2. The van der Waals surface area contributed by atoms with Gasteiger partial charge < -0.3 is 4.74 Å². The molecule has 2 aromatic rings. The van der Waals surface area contributed by atoms with Crippen molar-refractivity contribution in [3.05, 3.63) is 64.7 Å². The molecule has 0 aromatic heterocycles. The molecule has 152 valence electrons. The fraction of sp³-hybridized carbons (Fsp3) is 0.348. The van der Waals surface area contributed by atoms with Crippen LogP contribution < -0.4 is 4.74 Å². The molecular weight excluding hydrogens is 386 g/mol. The average molecular weight is 412 g/mol. The number of ether oxygens (including phenoxy) is 1. The van der Waals surface area contributed by atoms with Gasteiger partial charge in [-0.25, -0.2) is 4.79 Å². The molecule has 5 nitrogen and oxygen atoms in total. The molecule has 0 saturated heterocycles. The van der Waals surface area contributed by atoms with Crippen LogP contribution in [0.25, 0.3) is 0 Å². The first-order chi connectivity index (χ1) is 13.8. The number of imide groups is 1. The Morgan fingerprint density at radius 1 is 1.07 bits per heavy atom. The molecule has 1 aliphatic rings. The van der Waals surface area contributed by atoms with Crippen molar-refractivity contribution in [1.29, 1.82) is 0 Å². The number of carbonyl (C=O) groups is 3. The van der Waals surface area contributed by atoms with E-state index in [4.69, 9.17) is 4.74 Å². The Hall–Kier alpha value is -2.60. The van der Waals surface area contributed by atoms with E-state index in [9.17, 15) is 14.4 Å². The molecule has 1 heterocycles. The maximum Gasteiger partial charge on any atom is 0.334 e. The lowest BCUT2D eigenvalue weighted by molar-refractivity contribution is -0.138. The van der Waals surface area contributed by atoms with Gasteiger partial charge in [-0.2, -0.15) is 11.8 Å². The number of rotatable bonds is 7. The van der Waals surface area contributed by atoms with Crippen LogP contribution in [0.4, 0.5) is 0 Å². The van der Waals surface area contributed by atoms with Crippen LogP contribution in [0.15, 0.2) is 42.5 Å². The zero-order valence-corrected chi connectivity index (χ0v) is 17.9. The number of hydrogen-bond acceptors (Lipinski definition) is 5. The number of nitrogens with zero attached hydrogens (tertiary/aromatic N) is 1. The molecule has 6 heteroatoms. The van der Waals surface area contributed by atoms with Crippen molar-refractivity contribution >= 4 is 29.5 Å². The highest BCUT2D eigenvalue weighted by Crippen LogP contribution is 2.28. The molecule has 0 unspecified atom stereocenters. The monoisotopic (exact) mass is 411 g/mol. The van der Waals surface area contributed by atoms with Gasteiger partial charge in [0.1, 0.15) is 11.8 Å². The van der Waals surface area contributed by atoms with E-state index in [1.165, 1.54) is 5.56 Å². The second-order valence-electron chi connectivity index (χ2n) is 7.42. The summed E-state index contributed by atoms with van der Waals surface area (Å²) in [6.07, 6.45) is 2.26. The fourth-order valence-corrected chi connectivity index (χ4v) is 4.08. The lowest BCUT2D eigenvalue weighted by Gasteiger charge is -2.24. The lowest BCUT2D eigenvalue weighted by atomic mass is 9.98. The van der Waals surface area contributed by atoms with Gasteiger partial charge in [-0.05, 0) is 66.7 Å². The molecule has 0 N–H and O–H groups in total. The van der Waals surface area contributed by atoms with E-state index in [1.54, 1.807) is 42.1 Å². The molecule has 1 atom stereocenters. The van der Waals surface area contributed by atoms with Crippen molar-refractivity contribution in [2.45, 2.75) is 39.2 Å². The first kappa shape index (κ1) is 21.1. The van der Waals surface area contributed by atoms with E-state index in [0.717, 1.165) is 10.5 Å². The molecule has 1 aliphatic heterocycles. The summed E-state index contributed by atoms with van der Waals surface area (Å²) < 4.78 is 5.60. The second-order valence-corrected chi connectivity index (χ2v) is 8.40. The Morgan fingerprint density at radius 3 is 2.21 bits per heavy atom. The number of benzene rings is 2. The van der Waals surface area contributed by atoms with Crippen LogP contribution in [-0.4, -0.2) is 40.7 Å². The maximum absolute atomic E-state index is 13.0. The normalized spacial score (nSPS) is 14.3. The van der Waals surface area contributed by atoms with Crippen LogP contribution in [0, 0.1) is 6.92 Å². The molecule has 2 amide bonds. The summed E-state index contributed by atoms with van der Waals surface area (Å²) >= 11 is 1.55. The van der Waals surface area contributed by atoms with E-state index in [-0.39, 0.29) is 0 Å². The second kappa shape index (κ2) is 8.82. The number of hydrogen-bond donors (Lipinski definition) is 0. The Morgan fingerprint density at radius 2 is 1.69 bits per heavy atom. The van der Waals surface area contributed by atoms with E-state index in [1.807, 2.05) is 25.3 Å². The zero-order chi connectivity index (χ0) is 21.1. The van der Waals surface area contributed by atoms with E-state index in [0.29, 0.717) is 35.0 Å². The molecule has 0 saturated carbocycles. The van der Waals surface area contributed by atoms with Crippen molar-refractivity contribution < 1.29 is 19.1 Å². The smallest absolute Gasteiger partial charge is 0.334 e. The van der Waals surface area contributed by atoms with E-state index >= 15 is 0 Å². The quantitative estimate of drug-likeness (QED) is 0.383. The summed E-state index contributed by atoms with van der Waals surface area (Å²) in [5.41, 5.74) is 2.88. The van der Waals surface area contributed by atoms with Crippen LogP contribution in [0.5, 0.6) is 5.75 Å². The van der Waals surface area contributed by atoms with Gasteiger partial charge in [0.15, 0.2) is 0 Å². The average Bonchev–Trinajstić information content (AvgIpc) is 2.93. The van der Waals surface area contributed by atoms with Crippen LogP contribution in [-0.2, 0) is 4.79 Å². The molecule has 0 radical (unpaired) electrons. The Labute approximate surface area is 175 Å². The maximum atomic E-state index is 13.0. The number of thioether (sulfide) groups is 1. The predicted octanol–water partition coefficient (Wildman–Crippen LogP) is 4.44. The molecule has 0 fully saturated rings. The summed E-state index contributed by atoms with van der Waals surface area (Å²) in [6.45, 7) is 6.19. The number of aryl methyl sites for hydroxylation is 1. The molecule has 2 aromatic carbocycles. The first-order valence-electron chi connectivity index (χ1n) is 9.63. The van der Waals surface area contributed by atoms with Crippen molar-refractivity contribution in [2.75, 3.05) is 12.0 Å². The third-order valence-corrected chi connectivity index (χ3v) is 5.73. The van der Waals surface area contributed by atoms with Crippen LogP contribution in [0.1, 0.15) is 58.0 Å². The van der Waals surface area contributed by atoms with Gasteiger partial charge in [0.05, 0.1) is 11.1 Å². The van der Waals surface area contributed by atoms with Crippen molar-refractivity contribution in [3.8, 4) is 5.75 Å². The standard InChI is InChI=1S/C23H25NO4S/c1-14(2)17-10-9-16(13-15(17)3)28-23(27)20(11-12-29-4)24-21(25)18-7-5-6-8-19(18)22(24)26/h5-10,13-14,20H,11-12H2,1-4H3/t20-/m1/s1. The number of esters is 1. The number of amides is 2. The zero-order valence-electron chi connectivity index (χ0n) is 17.1. The largest absolute Gasteiger partial charge is 0.425 e. The molecule has 29 heavy (non-hydrogen) atoms. The fourth-order valence-electron chi connectivity index (χ4n) is 3.62. The van der Waals surface area contributed by atoms with Gasteiger partial charge in [-0.1, -0.05) is 32.0 Å². The van der Waals surface area contributed by atoms with Crippen molar-refractivity contribution in [1.82, 2.24) is 4.90 Å². The minimum atomic E-state index is -0.958. The summed E-state index contributed by atoms with van der Waals surface area (Å²) in [7, 11) is 0. The van der Waals surface area contributed by atoms with Gasteiger partial charge in [0, 0.05) is 0 Å². The van der Waals surface area contributed by atoms with Crippen LogP contribution >= 0.6 is 11.8 Å². The van der Waals surface area contributed by atoms with Crippen molar-refractivity contribution in [2.24, 2.45) is 0 Å². The summed E-state index contributed by atoms with van der Waals surface area (Å²) in [5.74, 6) is -0.0707. The summed E-state index contributed by atoms with van der Waals surface area (Å²) in [5, 5.41) is 0. The SMILES string of the molecule is CSCC[C@H](C(=O)Oc1ccc(C(C)C)c(C)c1)N1C(=O)c2ccccc2C1=O. The number of carbonyl (C=O) groups excluding carboxylic acids is 3. The Bertz CT molecular complexity index is 919. The lowest BCUT2D eigenvalue weighted by Crippen LogP contribution is -2.47. The van der Waals surface area contributed by atoms with Gasteiger partial charge in [-0.15, -0.1) is 0 Å². The van der Waals surface area contributed by atoms with Gasteiger partial charge in [0.2, 0.25) is 0 Å². The summed E-state index contributed by atoms with van der Waals surface area (Å²) in [4.78, 5) is 39.7. The highest BCUT2D eigenvalue weighted by Gasteiger charge is 2.43. The molecule has 0 aliphatic carbocycles. The van der Waals surface area contributed by atoms with E-state index < -0.39 is 23.8 Å². The highest BCUT2D eigenvalue weighted by molar-refractivity contribution is 7.98. The number of fused-ring (bicyclic) bond motifs is 1. The van der Waals surface area contributed by atoms with E-state index in [2.05, 4.69) is 13.8 Å². The van der Waals surface area contributed by atoms with Gasteiger partial charge in [-0.3, -0.25) is 14.5 Å². The third-order valence-electron chi connectivity index (χ3n) is 5.09. The van der Waals surface area contributed by atoms with Crippen LogP contribution in [0.3, 0.4) is 0 Å². The Kier molecular flexibility index (Phi) is 6.42. The molecule has 3 rings (SSSR count).